The fourth-order valence-corrected chi connectivity index (χ4v) is 3.56. The van der Waals surface area contributed by atoms with E-state index in [4.69, 9.17) is 14.6 Å². The number of morpholine rings is 1. The smallest absolute Gasteiger partial charge is 0.306 e. The van der Waals surface area contributed by atoms with Gasteiger partial charge < -0.3 is 19.5 Å². The molecular weight excluding hydrogens is 364 g/mol. The van der Waals surface area contributed by atoms with E-state index in [1.807, 2.05) is 0 Å². The number of rotatable bonds is 8. The summed E-state index contributed by atoms with van der Waals surface area (Å²) in [4.78, 5) is 24.9. The van der Waals surface area contributed by atoms with Crippen molar-refractivity contribution < 1.29 is 32.6 Å². The molecular formula is C16H22N2O7S. The summed E-state index contributed by atoms with van der Waals surface area (Å²) in [5.74, 6) is -1.28. The van der Waals surface area contributed by atoms with E-state index >= 15 is 0 Å². The summed E-state index contributed by atoms with van der Waals surface area (Å²) in [6, 6.07) is 5.60. The SMILES string of the molecule is COCCNS(=O)(=O)c1ccc(C(=O)N2CCOC(CC(=O)O)C2)cc1. The van der Waals surface area contributed by atoms with Crippen LogP contribution in [0.3, 0.4) is 0 Å². The Morgan fingerprint density at radius 2 is 2.04 bits per heavy atom. The van der Waals surface area contributed by atoms with Gasteiger partial charge in [0.1, 0.15) is 0 Å². The highest BCUT2D eigenvalue weighted by atomic mass is 32.2. The zero-order valence-corrected chi connectivity index (χ0v) is 15.2. The van der Waals surface area contributed by atoms with Crippen LogP contribution in [-0.4, -0.2) is 76.4 Å². The number of carboxylic acid groups (broad SMARTS) is 1. The Morgan fingerprint density at radius 1 is 1.35 bits per heavy atom. The first kappa shape index (κ1) is 20.3. The molecule has 0 bridgehead atoms. The van der Waals surface area contributed by atoms with Gasteiger partial charge in [-0.15, -0.1) is 0 Å². The summed E-state index contributed by atoms with van der Waals surface area (Å²) in [7, 11) is -2.19. The fraction of sp³-hybridized carbons (Fsp3) is 0.500. The summed E-state index contributed by atoms with van der Waals surface area (Å²) >= 11 is 0. The molecule has 2 rings (SSSR count). The number of sulfonamides is 1. The van der Waals surface area contributed by atoms with E-state index in [1.165, 1.54) is 36.3 Å². The Kier molecular flexibility index (Phi) is 7.09. The van der Waals surface area contributed by atoms with Crippen molar-refractivity contribution in [1.29, 1.82) is 0 Å². The predicted octanol–water partition coefficient (Wildman–Crippen LogP) is -0.0730. The molecule has 1 atom stereocenters. The van der Waals surface area contributed by atoms with Gasteiger partial charge in [0.25, 0.3) is 5.91 Å². The second-order valence-electron chi connectivity index (χ2n) is 5.76. The zero-order chi connectivity index (χ0) is 19.2. The minimum Gasteiger partial charge on any atom is -0.481 e. The molecule has 1 aromatic carbocycles. The van der Waals surface area contributed by atoms with Gasteiger partial charge in [0.2, 0.25) is 10.0 Å². The lowest BCUT2D eigenvalue weighted by atomic mass is 10.1. The number of carbonyl (C=O) groups is 2. The zero-order valence-electron chi connectivity index (χ0n) is 14.4. The highest BCUT2D eigenvalue weighted by Gasteiger charge is 2.26. The topological polar surface area (TPSA) is 122 Å². The number of nitrogens with one attached hydrogen (secondary N) is 1. The minimum absolute atomic E-state index is 0.0517. The minimum atomic E-state index is -3.66. The molecule has 26 heavy (non-hydrogen) atoms. The van der Waals surface area contributed by atoms with Gasteiger partial charge in [-0.25, -0.2) is 13.1 Å². The molecule has 0 radical (unpaired) electrons. The third-order valence-corrected chi connectivity index (χ3v) is 5.32. The fourth-order valence-electron chi connectivity index (χ4n) is 2.54. The molecule has 0 aliphatic carbocycles. The molecule has 144 valence electrons. The average Bonchev–Trinajstić information content (AvgIpc) is 2.61. The maximum Gasteiger partial charge on any atom is 0.306 e. The van der Waals surface area contributed by atoms with Crippen molar-refractivity contribution in [1.82, 2.24) is 9.62 Å². The molecule has 0 aromatic heterocycles. The number of carbonyl (C=O) groups excluding carboxylic acids is 1. The number of amides is 1. The van der Waals surface area contributed by atoms with Crippen molar-refractivity contribution in [2.24, 2.45) is 0 Å². The quantitative estimate of drug-likeness (QED) is 0.600. The highest BCUT2D eigenvalue weighted by molar-refractivity contribution is 7.89. The van der Waals surface area contributed by atoms with Crippen LogP contribution in [0.25, 0.3) is 0 Å². The van der Waals surface area contributed by atoms with Crippen LogP contribution in [0.1, 0.15) is 16.8 Å². The Morgan fingerprint density at radius 3 is 2.65 bits per heavy atom. The van der Waals surface area contributed by atoms with Gasteiger partial charge in [-0.05, 0) is 24.3 Å². The lowest BCUT2D eigenvalue weighted by Gasteiger charge is -2.32. The molecule has 10 heteroatoms. The summed E-state index contributed by atoms with van der Waals surface area (Å²) < 4.78 is 36.7. The Hall–Kier alpha value is -2.01. The van der Waals surface area contributed by atoms with Crippen LogP contribution in [0.5, 0.6) is 0 Å². The van der Waals surface area contributed by atoms with Crippen LogP contribution in [0, 0.1) is 0 Å². The second kappa shape index (κ2) is 9.08. The van der Waals surface area contributed by atoms with Crippen LogP contribution >= 0.6 is 0 Å². The van der Waals surface area contributed by atoms with Gasteiger partial charge in [-0.1, -0.05) is 0 Å². The van der Waals surface area contributed by atoms with Crippen LogP contribution in [0.4, 0.5) is 0 Å². The second-order valence-corrected chi connectivity index (χ2v) is 7.52. The summed E-state index contributed by atoms with van der Waals surface area (Å²) in [5, 5.41) is 8.84. The molecule has 9 nitrogen and oxygen atoms in total. The van der Waals surface area contributed by atoms with Crippen molar-refractivity contribution in [3.05, 3.63) is 29.8 Å². The first-order valence-corrected chi connectivity index (χ1v) is 9.53. The lowest BCUT2D eigenvalue weighted by molar-refractivity contribution is -0.141. The molecule has 1 amide bonds. The van der Waals surface area contributed by atoms with Gasteiger partial charge in [0.05, 0.1) is 30.6 Å². The van der Waals surface area contributed by atoms with Crippen LogP contribution in [-0.2, 0) is 24.3 Å². The van der Waals surface area contributed by atoms with E-state index in [9.17, 15) is 18.0 Å². The number of benzene rings is 1. The highest BCUT2D eigenvalue weighted by Crippen LogP contribution is 2.15. The third kappa shape index (κ3) is 5.49. The molecule has 2 N–H and O–H groups in total. The molecule has 1 heterocycles. The first-order valence-electron chi connectivity index (χ1n) is 8.05. The predicted molar refractivity (Wildman–Crippen MR) is 91.4 cm³/mol. The third-order valence-electron chi connectivity index (χ3n) is 3.84. The van der Waals surface area contributed by atoms with E-state index in [2.05, 4.69) is 4.72 Å². The number of ether oxygens (including phenoxy) is 2. The van der Waals surface area contributed by atoms with Crippen molar-refractivity contribution in [3.8, 4) is 0 Å². The number of methoxy groups -OCH3 is 1. The number of hydrogen-bond acceptors (Lipinski definition) is 6. The van der Waals surface area contributed by atoms with Gasteiger partial charge in [-0.3, -0.25) is 9.59 Å². The van der Waals surface area contributed by atoms with Gasteiger partial charge in [-0.2, -0.15) is 0 Å². The van der Waals surface area contributed by atoms with Gasteiger partial charge in [0.15, 0.2) is 0 Å². The van der Waals surface area contributed by atoms with Gasteiger partial charge >= 0.3 is 5.97 Å². The lowest BCUT2D eigenvalue weighted by Crippen LogP contribution is -2.46. The van der Waals surface area contributed by atoms with Crippen LogP contribution in [0.15, 0.2) is 29.2 Å². The molecule has 1 aliphatic heterocycles. The maximum absolute atomic E-state index is 12.5. The van der Waals surface area contributed by atoms with E-state index in [0.29, 0.717) is 12.1 Å². The molecule has 1 saturated heterocycles. The first-order chi connectivity index (χ1) is 12.3. The van der Waals surface area contributed by atoms with Crippen LogP contribution in [0.2, 0.25) is 0 Å². The van der Waals surface area contributed by atoms with E-state index in [1.54, 1.807) is 0 Å². The van der Waals surface area contributed by atoms with Crippen molar-refractivity contribution >= 4 is 21.9 Å². The number of hydrogen-bond donors (Lipinski definition) is 2. The van der Waals surface area contributed by atoms with Gasteiger partial charge in [0, 0.05) is 32.3 Å². The molecule has 1 aromatic rings. The largest absolute Gasteiger partial charge is 0.481 e. The Bertz CT molecular complexity index is 733. The molecule has 1 unspecified atom stereocenters. The standard InChI is InChI=1S/C16H22N2O7S/c1-24-8-6-17-26(22,23)14-4-2-12(3-5-14)16(21)18-7-9-25-13(11-18)10-15(19)20/h2-5,13,17H,6-11H2,1H3,(H,19,20). The van der Waals surface area contributed by atoms with Crippen molar-refractivity contribution in [2.75, 3.05) is 40.0 Å². The maximum atomic E-state index is 12.5. The molecule has 1 aliphatic rings. The number of carboxylic acids is 1. The van der Waals surface area contributed by atoms with E-state index in [-0.39, 0.29) is 43.5 Å². The van der Waals surface area contributed by atoms with Crippen molar-refractivity contribution in [2.45, 2.75) is 17.4 Å². The molecule has 0 spiro atoms. The molecule has 0 saturated carbocycles. The summed E-state index contributed by atoms with van der Waals surface area (Å²) in [5.41, 5.74) is 0.330. The van der Waals surface area contributed by atoms with E-state index < -0.39 is 22.1 Å². The summed E-state index contributed by atoms with van der Waals surface area (Å²) in [6.45, 7) is 1.21. The monoisotopic (exact) mass is 386 g/mol. The number of nitrogens with zero attached hydrogens (tertiary/aromatic N) is 1. The molecule has 1 fully saturated rings. The number of aliphatic carboxylic acids is 1. The summed E-state index contributed by atoms with van der Waals surface area (Å²) in [6.07, 6.45) is -0.719. The average molecular weight is 386 g/mol. The van der Waals surface area contributed by atoms with Crippen molar-refractivity contribution in [3.63, 3.8) is 0 Å². The van der Waals surface area contributed by atoms with Crippen LogP contribution < -0.4 is 4.72 Å². The Labute approximate surface area is 151 Å². The normalized spacial score (nSPS) is 17.9. The van der Waals surface area contributed by atoms with E-state index in [0.717, 1.165) is 0 Å². The Balaban J connectivity index is 2.03.